The predicted molar refractivity (Wildman–Crippen MR) is 61.9 cm³/mol. The first-order chi connectivity index (χ1) is 7.24. The van der Waals surface area contributed by atoms with Crippen molar-refractivity contribution in [3.63, 3.8) is 0 Å². The monoisotopic (exact) mass is 229 g/mol. The summed E-state index contributed by atoms with van der Waals surface area (Å²) in [6, 6.07) is 0. The molecule has 0 heterocycles. The summed E-state index contributed by atoms with van der Waals surface area (Å²) < 4.78 is 0. The number of rotatable bonds is 4. The Labute approximate surface area is 96.8 Å². The molecule has 3 heteroatoms. The number of fused-ring (bicyclic) bond motifs is 1. The molecule has 0 bridgehead atoms. The maximum Gasteiger partial charge on any atom is 0.223 e. The van der Waals surface area contributed by atoms with Crippen molar-refractivity contribution >= 4 is 17.5 Å². The topological polar surface area (TPSA) is 29.1 Å². The number of nitrogens with one attached hydrogen (secondary N) is 1. The normalized spacial score (nSPS) is 35.5. The van der Waals surface area contributed by atoms with Crippen LogP contribution in [-0.4, -0.2) is 17.8 Å². The van der Waals surface area contributed by atoms with Crippen LogP contribution >= 0.6 is 11.6 Å². The Bertz CT molecular complexity index is 232. The van der Waals surface area contributed by atoms with E-state index in [4.69, 9.17) is 11.6 Å². The van der Waals surface area contributed by atoms with E-state index in [0.717, 1.165) is 6.42 Å². The highest BCUT2D eigenvalue weighted by atomic mass is 35.5. The van der Waals surface area contributed by atoms with Gasteiger partial charge in [-0.2, -0.15) is 0 Å². The molecular weight excluding hydrogens is 210 g/mol. The summed E-state index contributed by atoms with van der Waals surface area (Å²) in [7, 11) is 0. The molecule has 3 unspecified atom stereocenters. The first kappa shape index (κ1) is 11.3. The number of hydrogen-bond acceptors (Lipinski definition) is 1. The van der Waals surface area contributed by atoms with Crippen LogP contribution in [0.3, 0.4) is 0 Å². The fraction of sp³-hybridized carbons (Fsp3) is 0.917. The lowest BCUT2D eigenvalue weighted by molar-refractivity contribution is -0.122. The minimum atomic E-state index is 0.0923. The molecule has 2 aliphatic rings. The minimum Gasteiger partial charge on any atom is -0.354 e. The van der Waals surface area contributed by atoms with E-state index in [9.17, 15) is 4.79 Å². The molecule has 2 rings (SSSR count). The van der Waals surface area contributed by atoms with Gasteiger partial charge in [0.05, 0.1) is 5.38 Å². The lowest BCUT2D eigenvalue weighted by atomic mass is 10.0. The first-order valence-corrected chi connectivity index (χ1v) is 6.59. The highest BCUT2D eigenvalue weighted by molar-refractivity contribution is 6.20. The second kappa shape index (κ2) is 4.73. The summed E-state index contributed by atoms with van der Waals surface area (Å²) in [5, 5.41) is 3.07. The number of carbonyl (C=O) groups is 1. The van der Waals surface area contributed by atoms with Crippen LogP contribution < -0.4 is 5.32 Å². The van der Waals surface area contributed by atoms with Gasteiger partial charge in [-0.1, -0.05) is 19.8 Å². The van der Waals surface area contributed by atoms with Crippen LogP contribution in [0.4, 0.5) is 0 Å². The summed E-state index contributed by atoms with van der Waals surface area (Å²) in [5.41, 5.74) is 0. The van der Waals surface area contributed by atoms with Crippen molar-refractivity contribution in [3.8, 4) is 0 Å². The van der Waals surface area contributed by atoms with Crippen LogP contribution in [0.15, 0.2) is 0 Å². The van der Waals surface area contributed by atoms with Crippen molar-refractivity contribution in [1.82, 2.24) is 5.32 Å². The number of amides is 1. The average molecular weight is 230 g/mol. The molecule has 0 aromatic carbocycles. The van der Waals surface area contributed by atoms with Gasteiger partial charge >= 0.3 is 0 Å². The highest BCUT2D eigenvalue weighted by Crippen LogP contribution is 2.55. The van der Waals surface area contributed by atoms with E-state index >= 15 is 0 Å². The Morgan fingerprint density at radius 2 is 2.00 bits per heavy atom. The van der Waals surface area contributed by atoms with E-state index in [0.29, 0.717) is 24.3 Å². The average Bonchev–Trinajstić information content (AvgIpc) is 2.99. The van der Waals surface area contributed by atoms with Crippen molar-refractivity contribution in [3.05, 3.63) is 0 Å². The zero-order chi connectivity index (χ0) is 10.8. The van der Waals surface area contributed by atoms with Gasteiger partial charge in [0.25, 0.3) is 0 Å². The third-order valence-corrected chi connectivity index (χ3v) is 4.36. The van der Waals surface area contributed by atoms with E-state index in [2.05, 4.69) is 5.32 Å². The Morgan fingerprint density at radius 3 is 2.53 bits per heavy atom. The molecule has 2 fully saturated rings. The number of hydrogen-bond donors (Lipinski definition) is 1. The van der Waals surface area contributed by atoms with E-state index in [1.165, 1.54) is 25.7 Å². The molecule has 0 aliphatic heterocycles. The smallest absolute Gasteiger partial charge is 0.223 e. The Hall–Kier alpha value is -0.240. The maximum atomic E-state index is 11.8. The predicted octanol–water partition coefficient (Wildman–Crippen LogP) is 2.56. The van der Waals surface area contributed by atoms with Gasteiger partial charge in [0.1, 0.15) is 0 Å². The van der Waals surface area contributed by atoms with E-state index in [1.807, 2.05) is 6.92 Å². The second-order valence-electron chi connectivity index (χ2n) is 4.89. The molecule has 2 aliphatic carbocycles. The lowest BCUT2D eigenvalue weighted by Crippen LogP contribution is -2.31. The zero-order valence-corrected chi connectivity index (χ0v) is 10.1. The van der Waals surface area contributed by atoms with Crippen LogP contribution in [0.1, 0.15) is 39.0 Å². The van der Waals surface area contributed by atoms with Crippen LogP contribution in [-0.2, 0) is 4.79 Å². The van der Waals surface area contributed by atoms with Crippen LogP contribution in [0, 0.1) is 17.8 Å². The summed E-state index contributed by atoms with van der Waals surface area (Å²) in [6.07, 6.45) is 6.08. The Balaban J connectivity index is 1.73. The van der Waals surface area contributed by atoms with Crippen LogP contribution in [0.5, 0.6) is 0 Å². The van der Waals surface area contributed by atoms with Gasteiger partial charge in [0.2, 0.25) is 5.91 Å². The standard InChI is InChI=1S/C12H20ClNO/c1-2-8(13)7-14-12(15)11-9-5-3-4-6-10(9)11/h8-11H,2-7H2,1H3,(H,14,15). The lowest BCUT2D eigenvalue weighted by Gasteiger charge is -2.08. The fourth-order valence-corrected chi connectivity index (χ4v) is 2.93. The Kier molecular flexibility index (Phi) is 3.55. The van der Waals surface area contributed by atoms with Gasteiger partial charge < -0.3 is 5.32 Å². The molecule has 2 nitrogen and oxygen atoms in total. The molecule has 0 saturated heterocycles. The second-order valence-corrected chi connectivity index (χ2v) is 5.51. The van der Waals surface area contributed by atoms with Crippen molar-refractivity contribution in [1.29, 1.82) is 0 Å². The van der Waals surface area contributed by atoms with E-state index in [1.54, 1.807) is 0 Å². The molecule has 0 aromatic rings. The van der Waals surface area contributed by atoms with Gasteiger partial charge in [-0.3, -0.25) is 4.79 Å². The molecular formula is C12H20ClNO. The number of carbonyl (C=O) groups excluding carboxylic acids is 1. The van der Waals surface area contributed by atoms with Gasteiger partial charge in [0, 0.05) is 12.5 Å². The third-order valence-electron chi connectivity index (χ3n) is 3.90. The third kappa shape index (κ3) is 2.47. The molecule has 86 valence electrons. The van der Waals surface area contributed by atoms with Gasteiger partial charge in [-0.05, 0) is 31.1 Å². The largest absolute Gasteiger partial charge is 0.354 e. The molecule has 15 heavy (non-hydrogen) atoms. The van der Waals surface area contributed by atoms with Crippen LogP contribution in [0.25, 0.3) is 0 Å². The fourth-order valence-electron chi connectivity index (χ4n) is 2.85. The Morgan fingerprint density at radius 1 is 1.40 bits per heavy atom. The molecule has 2 saturated carbocycles. The van der Waals surface area contributed by atoms with Crippen molar-refractivity contribution in [2.75, 3.05) is 6.54 Å². The molecule has 0 spiro atoms. The number of halogens is 1. The number of alkyl halides is 1. The van der Waals surface area contributed by atoms with Crippen molar-refractivity contribution in [2.24, 2.45) is 17.8 Å². The van der Waals surface area contributed by atoms with Crippen molar-refractivity contribution < 1.29 is 4.79 Å². The van der Waals surface area contributed by atoms with Gasteiger partial charge in [-0.25, -0.2) is 0 Å². The van der Waals surface area contributed by atoms with E-state index < -0.39 is 0 Å². The summed E-state index contributed by atoms with van der Waals surface area (Å²) in [5.74, 6) is 1.99. The van der Waals surface area contributed by atoms with Gasteiger partial charge in [0.15, 0.2) is 0 Å². The quantitative estimate of drug-likeness (QED) is 0.738. The van der Waals surface area contributed by atoms with Crippen molar-refractivity contribution in [2.45, 2.75) is 44.4 Å². The minimum absolute atomic E-state index is 0.0923. The van der Waals surface area contributed by atoms with E-state index in [-0.39, 0.29) is 11.3 Å². The van der Waals surface area contributed by atoms with Crippen LogP contribution in [0.2, 0.25) is 0 Å². The maximum absolute atomic E-state index is 11.8. The zero-order valence-electron chi connectivity index (χ0n) is 9.34. The molecule has 1 N–H and O–H groups in total. The molecule has 0 radical (unpaired) electrons. The molecule has 1 amide bonds. The summed E-state index contributed by atoms with van der Waals surface area (Å²) in [4.78, 5) is 11.8. The van der Waals surface area contributed by atoms with Gasteiger partial charge in [-0.15, -0.1) is 11.6 Å². The molecule has 0 aromatic heterocycles. The summed E-state index contributed by atoms with van der Waals surface area (Å²) >= 11 is 5.97. The highest BCUT2D eigenvalue weighted by Gasteiger charge is 2.54. The molecule has 3 atom stereocenters. The summed E-state index contributed by atoms with van der Waals surface area (Å²) in [6.45, 7) is 2.67. The SMILES string of the molecule is CCC(Cl)CNC(=O)C1C2CCCCC21. The first-order valence-electron chi connectivity index (χ1n) is 6.15.